The van der Waals surface area contributed by atoms with E-state index in [0.717, 1.165) is 0 Å². The highest BCUT2D eigenvalue weighted by Crippen LogP contribution is 2.02. The average Bonchev–Trinajstić information content (AvgIpc) is 2.03. The van der Waals surface area contributed by atoms with E-state index in [1.807, 2.05) is 0 Å². The molecule has 12 heavy (non-hydrogen) atoms. The van der Waals surface area contributed by atoms with Crippen molar-refractivity contribution in [1.29, 1.82) is 0 Å². The zero-order valence-corrected chi connectivity index (χ0v) is 10.7. The Morgan fingerprint density at radius 1 is 1.25 bits per heavy atom. The minimum atomic E-state index is 0.0741. The van der Waals surface area contributed by atoms with E-state index in [9.17, 15) is 0 Å². The van der Waals surface area contributed by atoms with Crippen LogP contribution in [0.2, 0.25) is 6.04 Å². The van der Waals surface area contributed by atoms with Crippen molar-refractivity contribution in [1.82, 2.24) is 4.90 Å². The molecule has 0 unspecified atom stereocenters. The zero-order valence-electron chi connectivity index (χ0n) is 9.28. The summed E-state index contributed by atoms with van der Waals surface area (Å²) in [7, 11) is 2.27. The minimum absolute atomic E-state index is 0.0741. The van der Waals surface area contributed by atoms with Gasteiger partial charge < -0.3 is 4.90 Å². The van der Waals surface area contributed by atoms with Gasteiger partial charge in [-0.25, -0.2) is 0 Å². The largest absolute Gasteiger partial charge is 0.307 e. The van der Waals surface area contributed by atoms with Crippen LogP contribution in [0.1, 0.15) is 27.7 Å². The number of hydrogen-bond acceptors (Lipinski definition) is 1. The molecule has 0 rings (SSSR count). The summed E-state index contributed by atoms with van der Waals surface area (Å²) in [6.07, 6.45) is 0. The third-order valence-corrected chi connectivity index (χ3v) is 4.61. The lowest BCUT2D eigenvalue weighted by molar-refractivity contribution is 0.373. The van der Waals surface area contributed by atoms with Crippen LogP contribution in [0.25, 0.3) is 0 Å². The summed E-state index contributed by atoms with van der Waals surface area (Å²) in [6.45, 7) is 11.4. The van der Waals surface area contributed by atoms with Crippen LogP contribution in [0.3, 0.4) is 0 Å². The fourth-order valence-electron chi connectivity index (χ4n) is 1.02. The van der Waals surface area contributed by atoms with Crippen molar-refractivity contribution in [2.75, 3.05) is 20.1 Å². The van der Waals surface area contributed by atoms with Crippen LogP contribution < -0.4 is 0 Å². The van der Waals surface area contributed by atoms with Gasteiger partial charge in [-0.1, -0.05) is 17.7 Å². The highest BCUT2D eigenvalue weighted by molar-refractivity contribution is 6.45. The molecule has 1 nitrogen and oxygen atoms in total. The molecular weight excluding hydrogens is 162 g/mol. The fraction of sp³-hybridized carbons (Fsp3) is 0.800. The van der Waals surface area contributed by atoms with E-state index in [1.165, 1.54) is 19.1 Å². The molecule has 0 saturated heterocycles. The van der Waals surface area contributed by atoms with E-state index in [1.54, 1.807) is 10.8 Å². The van der Waals surface area contributed by atoms with Crippen molar-refractivity contribution < 1.29 is 0 Å². The molecule has 0 N–H and O–H groups in total. The zero-order chi connectivity index (χ0) is 9.56. The van der Waals surface area contributed by atoms with E-state index in [4.69, 9.17) is 0 Å². The van der Waals surface area contributed by atoms with E-state index in [-0.39, 0.29) is 9.52 Å². The van der Waals surface area contributed by atoms with Crippen LogP contribution in [0, 0.1) is 0 Å². The van der Waals surface area contributed by atoms with Crippen LogP contribution in [0.4, 0.5) is 0 Å². The average molecular weight is 185 g/mol. The molecule has 0 radical (unpaired) electrons. The van der Waals surface area contributed by atoms with Crippen LogP contribution in [-0.2, 0) is 0 Å². The first-order valence-electron chi connectivity index (χ1n) is 4.89. The Balaban J connectivity index is 3.51. The highest BCUT2D eigenvalue weighted by atomic mass is 28.2. The lowest BCUT2D eigenvalue weighted by Crippen LogP contribution is -2.20. The van der Waals surface area contributed by atoms with Crippen molar-refractivity contribution in [2.45, 2.75) is 33.7 Å². The monoisotopic (exact) mass is 185 g/mol. The molecule has 0 atom stereocenters. The maximum atomic E-state index is 2.39. The molecule has 0 heterocycles. The molecule has 0 saturated carbocycles. The van der Waals surface area contributed by atoms with Crippen molar-refractivity contribution in [2.24, 2.45) is 0 Å². The lowest BCUT2D eigenvalue weighted by Gasteiger charge is -2.13. The number of nitrogens with zero attached hydrogens (tertiary/aromatic N) is 1. The van der Waals surface area contributed by atoms with Crippen LogP contribution in [-0.4, -0.2) is 34.6 Å². The molecule has 0 aliphatic carbocycles. The van der Waals surface area contributed by atoms with Gasteiger partial charge in [-0.2, -0.15) is 0 Å². The number of hydrogen-bond donors (Lipinski definition) is 0. The third kappa shape index (κ3) is 5.55. The van der Waals surface area contributed by atoms with E-state index >= 15 is 0 Å². The van der Waals surface area contributed by atoms with E-state index in [2.05, 4.69) is 39.6 Å². The van der Waals surface area contributed by atoms with Gasteiger partial charge in [-0.3, -0.25) is 0 Å². The van der Waals surface area contributed by atoms with Crippen molar-refractivity contribution in [3.05, 3.63) is 10.8 Å². The number of rotatable bonds is 5. The molecule has 0 aliphatic rings. The predicted molar refractivity (Wildman–Crippen MR) is 60.6 cm³/mol. The van der Waals surface area contributed by atoms with Crippen molar-refractivity contribution >= 4 is 9.52 Å². The maximum Gasteiger partial charge on any atom is 0.0503 e. The van der Waals surface area contributed by atoms with Gasteiger partial charge in [0.05, 0.1) is 9.52 Å². The Kier molecular flexibility index (Phi) is 6.39. The van der Waals surface area contributed by atoms with Crippen LogP contribution >= 0.6 is 0 Å². The van der Waals surface area contributed by atoms with Gasteiger partial charge in [-0.15, -0.1) is 0 Å². The molecule has 0 aliphatic heterocycles. The summed E-state index contributed by atoms with van der Waals surface area (Å²) in [6, 6.07) is 1.43. The van der Waals surface area contributed by atoms with Gasteiger partial charge >= 0.3 is 0 Å². The Hall–Kier alpha value is -0.0831. The molecule has 0 spiro atoms. The van der Waals surface area contributed by atoms with Gasteiger partial charge in [0, 0.05) is 0 Å². The Morgan fingerprint density at radius 3 is 2.25 bits per heavy atom. The summed E-state index contributed by atoms with van der Waals surface area (Å²) in [5.74, 6) is 0. The molecule has 0 aromatic rings. The molecule has 72 valence electrons. The number of allylic oxidation sites excluding steroid dienone is 2. The summed E-state index contributed by atoms with van der Waals surface area (Å²) in [5, 5.41) is 1.69. The van der Waals surface area contributed by atoms with Gasteiger partial charge in [0.15, 0.2) is 0 Å². The Labute approximate surface area is 79.7 Å². The van der Waals surface area contributed by atoms with Gasteiger partial charge in [0.2, 0.25) is 0 Å². The first-order valence-corrected chi connectivity index (χ1v) is 6.60. The first-order chi connectivity index (χ1) is 5.57. The fourth-order valence-corrected chi connectivity index (χ4v) is 2.75. The summed E-state index contributed by atoms with van der Waals surface area (Å²) >= 11 is 0. The van der Waals surface area contributed by atoms with Crippen LogP contribution in [0.15, 0.2) is 10.8 Å². The molecular formula is C10H23NSi. The van der Waals surface area contributed by atoms with E-state index < -0.39 is 0 Å². The topological polar surface area (TPSA) is 3.24 Å². The molecule has 0 amide bonds. The second kappa shape index (κ2) is 6.43. The minimum Gasteiger partial charge on any atom is -0.307 e. The quantitative estimate of drug-likeness (QED) is 0.591. The SMILES string of the molecule is CCN(C)CC[SiH2]C(C)=C(C)C. The Bertz CT molecular complexity index is 148. The van der Waals surface area contributed by atoms with Gasteiger partial charge in [0.25, 0.3) is 0 Å². The standard InChI is InChI=1S/C10H23NSi/c1-6-11(5)7-8-12-10(4)9(2)3/h6-8,12H2,1-5H3. The molecule has 2 heteroatoms. The van der Waals surface area contributed by atoms with Gasteiger partial charge in [0.1, 0.15) is 0 Å². The summed E-state index contributed by atoms with van der Waals surface area (Å²) in [5.41, 5.74) is 1.54. The predicted octanol–water partition coefficient (Wildman–Crippen LogP) is 1.84. The molecule has 0 aromatic heterocycles. The Morgan fingerprint density at radius 2 is 1.83 bits per heavy atom. The smallest absolute Gasteiger partial charge is 0.0503 e. The van der Waals surface area contributed by atoms with E-state index in [0.29, 0.717) is 0 Å². The second-order valence-electron chi connectivity index (χ2n) is 3.78. The lowest BCUT2D eigenvalue weighted by atomic mass is 10.3. The summed E-state index contributed by atoms with van der Waals surface area (Å²) < 4.78 is 0. The maximum absolute atomic E-state index is 2.39. The highest BCUT2D eigenvalue weighted by Gasteiger charge is 1.96. The van der Waals surface area contributed by atoms with Crippen molar-refractivity contribution in [3.63, 3.8) is 0 Å². The van der Waals surface area contributed by atoms with Crippen LogP contribution in [0.5, 0.6) is 0 Å². The first kappa shape index (κ1) is 11.9. The molecule has 0 bridgehead atoms. The van der Waals surface area contributed by atoms with Gasteiger partial charge in [-0.05, 0) is 47.0 Å². The molecule has 0 aromatic carbocycles. The normalized spacial score (nSPS) is 11.5. The summed E-state index contributed by atoms with van der Waals surface area (Å²) in [4.78, 5) is 2.39. The van der Waals surface area contributed by atoms with Crippen molar-refractivity contribution in [3.8, 4) is 0 Å². The third-order valence-electron chi connectivity index (χ3n) is 2.48. The molecule has 0 fully saturated rings. The second-order valence-corrected chi connectivity index (χ2v) is 6.05.